The molecule has 0 saturated carbocycles. The molecule has 2 aromatic rings. The summed E-state index contributed by atoms with van der Waals surface area (Å²) in [5, 5.41) is 12.1. The number of benzene rings is 2. The van der Waals surface area contributed by atoms with Crippen LogP contribution in [0.5, 0.6) is 5.75 Å². The SMILES string of the molecule is CCCCCCCCOc1ccc(/C=C(/C#N)C(=O)Nc2ccc(C)cc2)cc1. The van der Waals surface area contributed by atoms with E-state index in [4.69, 9.17) is 4.74 Å². The topological polar surface area (TPSA) is 62.1 Å². The van der Waals surface area contributed by atoms with Gasteiger partial charge in [-0.15, -0.1) is 0 Å². The van der Waals surface area contributed by atoms with Crippen LogP contribution in [0, 0.1) is 18.3 Å². The zero-order chi connectivity index (χ0) is 20.9. The average Bonchev–Trinajstić information content (AvgIpc) is 2.74. The molecule has 2 rings (SSSR count). The van der Waals surface area contributed by atoms with Crippen molar-refractivity contribution in [1.82, 2.24) is 0 Å². The molecule has 152 valence electrons. The Kier molecular flexibility index (Phi) is 9.51. The Morgan fingerprint density at radius 1 is 1.00 bits per heavy atom. The van der Waals surface area contributed by atoms with E-state index in [0.717, 1.165) is 23.3 Å². The van der Waals surface area contributed by atoms with Crippen molar-refractivity contribution in [2.24, 2.45) is 0 Å². The van der Waals surface area contributed by atoms with Gasteiger partial charge in [-0.1, -0.05) is 68.9 Å². The van der Waals surface area contributed by atoms with Crippen molar-refractivity contribution < 1.29 is 9.53 Å². The maximum absolute atomic E-state index is 12.3. The number of hydrogen-bond acceptors (Lipinski definition) is 3. The van der Waals surface area contributed by atoms with E-state index in [2.05, 4.69) is 12.2 Å². The van der Waals surface area contributed by atoms with Gasteiger partial charge in [-0.25, -0.2) is 0 Å². The first-order valence-corrected chi connectivity index (χ1v) is 10.3. The van der Waals surface area contributed by atoms with Crippen molar-refractivity contribution >= 4 is 17.7 Å². The number of nitriles is 1. The molecule has 1 amide bonds. The maximum Gasteiger partial charge on any atom is 0.266 e. The van der Waals surface area contributed by atoms with Crippen LogP contribution in [0.25, 0.3) is 6.08 Å². The summed E-state index contributed by atoms with van der Waals surface area (Å²) < 4.78 is 5.77. The summed E-state index contributed by atoms with van der Waals surface area (Å²) in [7, 11) is 0. The molecule has 4 nitrogen and oxygen atoms in total. The van der Waals surface area contributed by atoms with Crippen molar-refractivity contribution in [3.63, 3.8) is 0 Å². The minimum absolute atomic E-state index is 0.0614. The first kappa shape index (κ1) is 22.2. The predicted octanol–water partition coefficient (Wildman–Crippen LogP) is 6.28. The highest BCUT2D eigenvalue weighted by Gasteiger charge is 2.09. The predicted molar refractivity (Wildman–Crippen MR) is 119 cm³/mol. The van der Waals surface area contributed by atoms with Crippen molar-refractivity contribution in [3.05, 3.63) is 65.2 Å². The molecular weight excluding hydrogens is 360 g/mol. The normalized spacial score (nSPS) is 11.0. The summed E-state index contributed by atoms with van der Waals surface area (Å²) in [5.74, 6) is 0.387. The molecule has 0 aliphatic carbocycles. The van der Waals surface area contributed by atoms with Crippen LogP contribution in [0.3, 0.4) is 0 Å². The van der Waals surface area contributed by atoms with Crippen LogP contribution in [0.15, 0.2) is 54.1 Å². The lowest BCUT2D eigenvalue weighted by Gasteiger charge is -2.07. The number of hydrogen-bond donors (Lipinski definition) is 1. The molecule has 1 N–H and O–H groups in total. The average molecular weight is 391 g/mol. The zero-order valence-corrected chi connectivity index (χ0v) is 17.4. The van der Waals surface area contributed by atoms with Gasteiger partial charge in [0.1, 0.15) is 17.4 Å². The van der Waals surface area contributed by atoms with Gasteiger partial charge in [0.05, 0.1) is 6.61 Å². The van der Waals surface area contributed by atoms with Crippen molar-refractivity contribution in [2.45, 2.75) is 52.4 Å². The van der Waals surface area contributed by atoms with Crippen LogP contribution in [0.1, 0.15) is 56.6 Å². The highest BCUT2D eigenvalue weighted by molar-refractivity contribution is 6.09. The van der Waals surface area contributed by atoms with Gasteiger partial charge in [0.2, 0.25) is 0 Å². The Morgan fingerprint density at radius 3 is 2.31 bits per heavy atom. The molecular formula is C25H30N2O2. The monoisotopic (exact) mass is 390 g/mol. The molecule has 0 aromatic heterocycles. The molecule has 0 heterocycles. The molecule has 0 bridgehead atoms. The van der Waals surface area contributed by atoms with E-state index >= 15 is 0 Å². The molecule has 0 spiro atoms. The van der Waals surface area contributed by atoms with E-state index in [0.29, 0.717) is 12.3 Å². The lowest BCUT2D eigenvalue weighted by molar-refractivity contribution is -0.112. The molecule has 0 aliphatic heterocycles. The van der Waals surface area contributed by atoms with Crippen molar-refractivity contribution in [2.75, 3.05) is 11.9 Å². The smallest absolute Gasteiger partial charge is 0.266 e. The second-order valence-corrected chi connectivity index (χ2v) is 7.18. The minimum atomic E-state index is -0.417. The number of carbonyl (C=O) groups is 1. The fourth-order valence-corrected chi connectivity index (χ4v) is 2.88. The molecule has 0 fully saturated rings. The van der Waals surface area contributed by atoms with Gasteiger partial charge >= 0.3 is 0 Å². The minimum Gasteiger partial charge on any atom is -0.494 e. The van der Waals surface area contributed by atoms with E-state index in [1.54, 1.807) is 6.08 Å². The standard InChI is InChI=1S/C25H30N2O2/c1-3-4-5-6-7-8-17-29-24-15-11-21(12-16-24)18-22(19-26)25(28)27-23-13-9-20(2)10-14-23/h9-16,18H,3-8,17H2,1-2H3,(H,27,28)/b22-18-. The molecule has 0 radical (unpaired) electrons. The van der Waals surface area contributed by atoms with Crippen LogP contribution in [-0.4, -0.2) is 12.5 Å². The Morgan fingerprint density at radius 2 is 1.66 bits per heavy atom. The van der Waals surface area contributed by atoms with Gasteiger partial charge in [-0.05, 0) is 49.2 Å². The summed E-state index contributed by atoms with van der Waals surface area (Å²) in [6, 6.07) is 16.9. The molecule has 0 aliphatic rings. The van der Waals surface area contributed by atoms with Gasteiger partial charge in [-0.2, -0.15) is 5.26 Å². The maximum atomic E-state index is 12.3. The molecule has 0 saturated heterocycles. The van der Waals surface area contributed by atoms with E-state index in [9.17, 15) is 10.1 Å². The van der Waals surface area contributed by atoms with Crippen LogP contribution >= 0.6 is 0 Å². The number of ether oxygens (including phenoxy) is 1. The van der Waals surface area contributed by atoms with Crippen molar-refractivity contribution in [1.29, 1.82) is 5.26 Å². The Bertz CT molecular complexity index is 831. The van der Waals surface area contributed by atoms with E-state index in [1.165, 1.54) is 32.1 Å². The quantitative estimate of drug-likeness (QED) is 0.279. The number of nitrogens with zero attached hydrogens (tertiary/aromatic N) is 1. The second-order valence-electron chi connectivity index (χ2n) is 7.18. The fourth-order valence-electron chi connectivity index (χ4n) is 2.88. The summed E-state index contributed by atoms with van der Waals surface area (Å²) >= 11 is 0. The summed E-state index contributed by atoms with van der Waals surface area (Å²) in [6.45, 7) is 4.91. The number of carbonyl (C=O) groups excluding carboxylic acids is 1. The third-order valence-corrected chi connectivity index (χ3v) is 4.63. The van der Waals surface area contributed by atoms with Crippen molar-refractivity contribution in [3.8, 4) is 11.8 Å². The number of aryl methyl sites for hydroxylation is 1. The highest BCUT2D eigenvalue weighted by Crippen LogP contribution is 2.17. The molecule has 0 unspecified atom stereocenters. The highest BCUT2D eigenvalue weighted by atomic mass is 16.5. The van der Waals surface area contributed by atoms with Crippen LogP contribution in [0.2, 0.25) is 0 Å². The first-order valence-electron chi connectivity index (χ1n) is 10.3. The Balaban J connectivity index is 1.85. The van der Waals surface area contributed by atoms with Gasteiger partial charge in [0.15, 0.2) is 0 Å². The third kappa shape index (κ3) is 8.23. The zero-order valence-electron chi connectivity index (χ0n) is 17.4. The number of unbranched alkanes of at least 4 members (excludes halogenated alkanes) is 5. The summed E-state index contributed by atoms with van der Waals surface area (Å²) in [6.07, 6.45) is 8.98. The third-order valence-electron chi connectivity index (χ3n) is 4.63. The molecule has 4 heteroatoms. The number of nitrogens with one attached hydrogen (secondary N) is 1. The largest absolute Gasteiger partial charge is 0.494 e. The summed E-state index contributed by atoms with van der Waals surface area (Å²) in [4.78, 5) is 12.3. The second kappa shape index (κ2) is 12.4. The number of anilines is 1. The van der Waals surface area contributed by atoms with E-state index in [-0.39, 0.29) is 5.57 Å². The van der Waals surface area contributed by atoms with Crippen LogP contribution in [0.4, 0.5) is 5.69 Å². The Hall–Kier alpha value is -3.06. The summed E-state index contributed by atoms with van der Waals surface area (Å²) in [5.41, 5.74) is 2.62. The first-order chi connectivity index (χ1) is 14.1. The van der Waals surface area contributed by atoms with E-state index < -0.39 is 5.91 Å². The Labute approximate surface area is 174 Å². The molecule has 0 atom stereocenters. The lowest BCUT2D eigenvalue weighted by Crippen LogP contribution is -2.13. The van der Waals surface area contributed by atoms with Gasteiger partial charge in [0.25, 0.3) is 5.91 Å². The van der Waals surface area contributed by atoms with Gasteiger partial charge in [0, 0.05) is 5.69 Å². The number of rotatable bonds is 11. The molecule has 2 aromatic carbocycles. The fraction of sp³-hybridized carbons (Fsp3) is 0.360. The lowest BCUT2D eigenvalue weighted by atomic mass is 10.1. The number of amides is 1. The van der Waals surface area contributed by atoms with Gasteiger partial charge < -0.3 is 10.1 Å². The van der Waals surface area contributed by atoms with Crippen LogP contribution in [-0.2, 0) is 4.79 Å². The molecule has 29 heavy (non-hydrogen) atoms. The van der Waals surface area contributed by atoms with Gasteiger partial charge in [-0.3, -0.25) is 4.79 Å². The van der Waals surface area contributed by atoms with Crippen LogP contribution < -0.4 is 10.1 Å². The van der Waals surface area contributed by atoms with E-state index in [1.807, 2.05) is 61.5 Å².